The fourth-order valence-corrected chi connectivity index (χ4v) is 3.75. The van der Waals surface area contributed by atoms with Crippen LogP contribution in [0.2, 0.25) is 0 Å². The second-order valence-corrected chi connectivity index (χ2v) is 6.79. The lowest BCUT2D eigenvalue weighted by atomic mass is 9.90. The Morgan fingerprint density at radius 2 is 2.00 bits per heavy atom. The van der Waals surface area contributed by atoms with Crippen LogP contribution in [0, 0.1) is 6.92 Å². The highest BCUT2D eigenvalue weighted by Gasteiger charge is 2.11. The van der Waals surface area contributed by atoms with Crippen LogP contribution < -0.4 is 5.32 Å². The zero-order chi connectivity index (χ0) is 14.7. The molecule has 3 rings (SSSR count). The molecule has 0 saturated carbocycles. The van der Waals surface area contributed by atoms with Crippen molar-refractivity contribution in [1.29, 1.82) is 0 Å². The quantitative estimate of drug-likeness (QED) is 0.914. The topological polar surface area (TPSA) is 29.1 Å². The summed E-state index contributed by atoms with van der Waals surface area (Å²) in [5, 5.41) is 5.10. The third kappa shape index (κ3) is 3.53. The van der Waals surface area contributed by atoms with E-state index in [4.69, 9.17) is 0 Å². The maximum absolute atomic E-state index is 12.1. The minimum Gasteiger partial charge on any atom is -0.351 e. The molecule has 1 heterocycles. The Balaban J connectivity index is 1.58. The maximum Gasteiger partial charge on any atom is 0.224 e. The monoisotopic (exact) mass is 299 g/mol. The normalized spacial score (nSPS) is 13.8. The van der Waals surface area contributed by atoms with Crippen LogP contribution in [0.1, 0.15) is 40.0 Å². The van der Waals surface area contributed by atoms with Gasteiger partial charge in [-0.2, -0.15) is 0 Å². The number of benzene rings is 1. The molecule has 1 aliphatic rings. The Morgan fingerprint density at radius 1 is 1.19 bits per heavy atom. The van der Waals surface area contributed by atoms with Crippen LogP contribution in [0.25, 0.3) is 0 Å². The van der Waals surface area contributed by atoms with Gasteiger partial charge in [0.2, 0.25) is 5.91 Å². The van der Waals surface area contributed by atoms with Crippen molar-refractivity contribution in [2.45, 2.75) is 45.6 Å². The van der Waals surface area contributed by atoms with Crippen LogP contribution in [0.15, 0.2) is 29.6 Å². The predicted molar refractivity (Wildman–Crippen MR) is 87.7 cm³/mol. The molecule has 0 atom stereocenters. The molecule has 1 N–H and O–H groups in total. The van der Waals surface area contributed by atoms with Gasteiger partial charge in [0.25, 0.3) is 0 Å². The molecule has 0 unspecified atom stereocenters. The summed E-state index contributed by atoms with van der Waals surface area (Å²) in [6, 6.07) is 8.64. The number of fused-ring (bicyclic) bond motifs is 1. The number of aryl methyl sites for hydroxylation is 3. The number of rotatable bonds is 4. The Labute approximate surface area is 130 Å². The Hall–Kier alpha value is -1.61. The van der Waals surface area contributed by atoms with Gasteiger partial charge in [0.15, 0.2) is 0 Å². The van der Waals surface area contributed by atoms with Crippen molar-refractivity contribution >= 4 is 17.2 Å². The molecule has 0 radical (unpaired) electrons. The first-order valence-corrected chi connectivity index (χ1v) is 8.50. The van der Waals surface area contributed by atoms with Gasteiger partial charge >= 0.3 is 0 Å². The lowest BCUT2D eigenvalue weighted by Gasteiger charge is -2.16. The molecule has 0 bridgehead atoms. The van der Waals surface area contributed by atoms with E-state index in [-0.39, 0.29) is 5.91 Å². The molecule has 1 amide bonds. The lowest BCUT2D eigenvalue weighted by Crippen LogP contribution is -2.24. The van der Waals surface area contributed by atoms with Crippen molar-refractivity contribution < 1.29 is 4.79 Å². The molecule has 0 fully saturated rings. The van der Waals surface area contributed by atoms with Gasteiger partial charge in [-0.15, -0.1) is 11.3 Å². The Kier molecular flexibility index (Phi) is 4.39. The molecule has 3 heteroatoms. The van der Waals surface area contributed by atoms with Crippen LogP contribution in [0.4, 0.5) is 0 Å². The highest BCUT2D eigenvalue weighted by molar-refractivity contribution is 7.10. The highest BCUT2D eigenvalue weighted by Crippen LogP contribution is 2.22. The Morgan fingerprint density at radius 3 is 2.76 bits per heavy atom. The van der Waals surface area contributed by atoms with E-state index < -0.39 is 0 Å². The molecule has 0 aliphatic heterocycles. The number of hydrogen-bond acceptors (Lipinski definition) is 2. The van der Waals surface area contributed by atoms with E-state index in [9.17, 15) is 4.79 Å². The van der Waals surface area contributed by atoms with Gasteiger partial charge in [0.05, 0.1) is 13.0 Å². The molecule has 2 nitrogen and oxygen atoms in total. The van der Waals surface area contributed by atoms with Gasteiger partial charge in [-0.3, -0.25) is 4.79 Å². The summed E-state index contributed by atoms with van der Waals surface area (Å²) in [7, 11) is 0. The van der Waals surface area contributed by atoms with E-state index in [2.05, 4.69) is 41.9 Å². The highest BCUT2D eigenvalue weighted by atomic mass is 32.1. The summed E-state index contributed by atoms with van der Waals surface area (Å²) in [6.45, 7) is 2.73. The molecule has 2 aromatic rings. The van der Waals surface area contributed by atoms with Crippen molar-refractivity contribution in [1.82, 2.24) is 5.32 Å². The van der Waals surface area contributed by atoms with Crippen LogP contribution >= 0.6 is 11.3 Å². The summed E-state index contributed by atoms with van der Waals surface area (Å²) in [5.74, 6) is 0.110. The second-order valence-electron chi connectivity index (χ2n) is 5.79. The molecular formula is C18H21NOS. The number of carbonyl (C=O) groups is 1. The minimum atomic E-state index is 0.110. The zero-order valence-corrected chi connectivity index (χ0v) is 13.3. The molecule has 110 valence electrons. The summed E-state index contributed by atoms with van der Waals surface area (Å²) < 4.78 is 0. The van der Waals surface area contributed by atoms with Crippen LogP contribution in [0.5, 0.6) is 0 Å². The molecular weight excluding hydrogens is 278 g/mol. The van der Waals surface area contributed by atoms with Crippen molar-refractivity contribution in [3.63, 3.8) is 0 Å². The molecule has 0 saturated heterocycles. The van der Waals surface area contributed by atoms with Crippen molar-refractivity contribution in [3.05, 3.63) is 56.8 Å². The smallest absolute Gasteiger partial charge is 0.224 e. The molecule has 21 heavy (non-hydrogen) atoms. The largest absolute Gasteiger partial charge is 0.351 e. The van der Waals surface area contributed by atoms with E-state index in [1.165, 1.54) is 47.3 Å². The first-order chi connectivity index (χ1) is 10.2. The van der Waals surface area contributed by atoms with E-state index in [0.717, 1.165) is 5.56 Å². The second kappa shape index (κ2) is 6.44. The van der Waals surface area contributed by atoms with E-state index in [0.29, 0.717) is 13.0 Å². The predicted octanol–water partition coefficient (Wildman–Crippen LogP) is 3.79. The minimum absolute atomic E-state index is 0.110. The third-order valence-electron chi connectivity index (χ3n) is 4.19. The van der Waals surface area contributed by atoms with E-state index in [1.54, 1.807) is 11.3 Å². The van der Waals surface area contributed by atoms with Gasteiger partial charge < -0.3 is 5.32 Å². The fourth-order valence-electron chi connectivity index (χ4n) is 2.91. The van der Waals surface area contributed by atoms with Crippen molar-refractivity contribution in [3.8, 4) is 0 Å². The van der Waals surface area contributed by atoms with E-state index in [1.807, 2.05) is 0 Å². The van der Waals surface area contributed by atoms with E-state index >= 15 is 0 Å². The van der Waals surface area contributed by atoms with Gasteiger partial charge in [-0.1, -0.05) is 18.2 Å². The van der Waals surface area contributed by atoms with Gasteiger partial charge in [0.1, 0.15) is 0 Å². The average molecular weight is 299 g/mol. The molecule has 1 aliphatic carbocycles. The summed E-state index contributed by atoms with van der Waals surface area (Å²) in [5.41, 5.74) is 5.31. The lowest BCUT2D eigenvalue weighted by molar-refractivity contribution is -0.120. The first kappa shape index (κ1) is 14.3. The molecule has 1 aromatic heterocycles. The number of nitrogens with one attached hydrogen (secondary N) is 1. The number of amides is 1. The van der Waals surface area contributed by atoms with Crippen LogP contribution in [-0.4, -0.2) is 5.91 Å². The van der Waals surface area contributed by atoms with Crippen LogP contribution in [-0.2, 0) is 30.6 Å². The van der Waals surface area contributed by atoms with Gasteiger partial charge in [0, 0.05) is 4.88 Å². The standard InChI is InChI=1S/C18H21NOS/c1-13-8-9-21-17(13)12-19-18(20)11-14-6-7-15-4-2-3-5-16(15)10-14/h6-10H,2-5,11-12H2,1H3,(H,19,20). The number of thiophene rings is 1. The van der Waals surface area contributed by atoms with Crippen molar-refractivity contribution in [2.24, 2.45) is 0 Å². The summed E-state index contributed by atoms with van der Waals surface area (Å²) in [4.78, 5) is 13.3. The average Bonchev–Trinajstić information content (AvgIpc) is 2.90. The number of hydrogen-bond donors (Lipinski definition) is 1. The first-order valence-electron chi connectivity index (χ1n) is 7.63. The Bertz CT molecular complexity index is 644. The van der Waals surface area contributed by atoms with Gasteiger partial charge in [-0.25, -0.2) is 0 Å². The fraction of sp³-hybridized carbons (Fsp3) is 0.389. The zero-order valence-electron chi connectivity index (χ0n) is 12.4. The third-order valence-corrected chi connectivity index (χ3v) is 5.21. The van der Waals surface area contributed by atoms with Gasteiger partial charge in [-0.05, 0) is 66.3 Å². The maximum atomic E-state index is 12.1. The summed E-state index contributed by atoms with van der Waals surface area (Å²) >= 11 is 1.70. The van der Waals surface area contributed by atoms with Crippen LogP contribution in [0.3, 0.4) is 0 Å². The molecule has 0 spiro atoms. The van der Waals surface area contributed by atoms with Crippen molar-refractivity contribution in [2.75, 3.05) is 0 Å². The summed E-state index contributed by atoms with van der Waals surface area (Å²) in [6.07, 6.45) is 5.42. The SMILES string of the molecule is Cc1ccsc1CNC(=O)Cc1ccc2c(c1)CCCC2. The number of carbonyl (C=O) groups excluding carboxylic acids is 1. The molecule has 1 aromatic carbocycles.